The molecule has 2 aromatic rings. The van der Waals surface area contributed by atoms with E-state index in [1.807, 2.05) is 54.6 Å². The number of benzene rings is 2. The molecule has 2 atom stereocenters. The largest absolute Gasteiger partial charge is 0.481 e. The first kappa shape index (κ1) is 16.6. The van der Waals surface area contributed by atoms with Crippen molar-refractivity contribution >= 4 is 23.6 Å². The monoisotopic (exact) mass is 341 g/mol. The topological polar surface area (TPSA) is 66.4 Å². The van der Waals surface area contributed by atoms with Crippen molar-refractivity contribution in [3.63, 3.8) is 0 Å². The fraction of sp³-hybridized carbons (Fsp3) is 0.263. The molecule has 0 saturated heterocycles. The Morgan fingerprint density at radius 3 is 2.42 bits per heavy atom. The van der Waals surface area contributed by atoms with Crippen LogP contribution in [-0.2, 0) is 4.79 Å². The van der Waals surface area contributed by atoms with Crippen molar-refractivity contribution in [1.29, 1.82) is 0 Å². The number of aliphatic carboxylic acids is 1. The van der Waals surface area contributed by atoms with Crippen molar-refractivity contribution in [3.05, 3.63) is 60.2 Å². The van der Waals surface area contributed by atoms with Crippen LogP contribution in [0.1, 0.15) is 29.6 Å². The molecule has 5 heteroatoms. The molecule has 1 saturated carbocycles. The number of hydrogen-bond acceptors (Lipinski definition) is 3. The summed E-state index contributed by atoms with van der Waals surface area (Å²) in [5.41, 5.74) is 0.630. The quantitative estimate of drug-likeness (QED) is 0.867. The summed E-state index contributed by atoms with van der Waals surface area (Å²) in [6.45, 7) is 0. The molecule has 0 bridgehead atoms. The van der Waals surface area contributed by atoms with Crippen LogP contribution in [0.25, 0.3) is 0 Å². The molecule has 1 fully saturated rings. The molecule has 0 radical (unpaired) electrons. The summed E-state index contributed by atoms with van der Waals surface area (Å²) in [6, 6.07) is 17.4. The third-order valence-electron chi connectivity index (χ3n) is 4.22. The summed E-state index contributed by atoms with van der Waals surface area (Å²) in [5, 5.41) is 12.1. The van der Waals surface area contributed by atoms with Crippen LogP contribution < -0.4 is 5.32 Å². The molecular formula is C19H19NO3S. The molecular weight excluding hydrogens is 322 g/mol. The van der Waals surface area contributed by atoms with Crippen molar-refractivity contribution in [2.45, 2.75) is 35.1 Å². The molecule has 2 aromatic carbocycles. The van der Waals surface area contributed by atoms with Gasteiger partial charge in [0.15, 0.2) is 0 Å². The van der Waals surface area contributed by atoms with Gasteiger partial charge in [-0.05, 0) is 43.5 Å². The molecule has 0 aromatic heterocycles. The van der Waals surface area contributed by atoms with Crippen LogP contribution in [0.5, 0.6) is 0 Å². The lowest BCUT2D eigenvalue weighted by Crippen LogP contribution is -2.33. The van der Waals surface area contributed by atoms with Crippen LogP contribution in [0.4, 0.5) is 0 Å². The van der Waals surface area contributed by atoms with Gasteiger partial charge >= 0.3 is 5.97 Å². The van der Waals surface area contributed by atoms with Gasteiger partial charge in [0.1, 0.15) is 0 Å². The van der Waals surface area contributed by atoms with Crippen molar-refractivity contribution in [3.8, 4) is 0 Å². The summed E-state index contributed by atoms with van der Waals surface area (Å²) >= 11 is 1.55. The lowest BCUT2D eigenvalue weighted by molar-refractivity contribution is -0.141. The summed E-state index contributed by atoms with van der Waals surface area (Å²) in [6.07, 6.45) is 1.85. The van der Waals surface area contributed by atoms with Gasteiger partial charge in [0, 0.05) is 15.8 Å². The zero-order chi connectivity index (χ0) is 16.9. The van der Waals surface area contributed by atoms with E-state index in [1.54, 1.807) is 11.8 Å². The molecule has 0 spiro atoms. The lowest BCUT2D eigenvalue weighted by Gasteiger charge is -2.14. The highest BCUT2D eigenvalue weighted by Crippen LogP contribution is 2.31. The molecule has 1 aliphatic rings. The average Bonchev–Trinajstić information content (AvgIpc) is 3.05. The number of hydrogen-bond donors (Lipinski definition) is 2. The van der Waals surface area contributed by atoms with Gasteiger partial charge in [-0.1, -0.05) is 42.1 Å². The number of nitrogens with one attached hydrogen (secondary N) is 1. The number of amides is 1. The minimum absolute atomic E-state index is 0.0617. The number of carboxylic acids is 1. The van der Waals surface area contributed by atoms with Crippen LogP contribution in [0, 0.1) is 5.92 Å². The van der Waals surface area contributed by atoms with Crippen LogP contribution >= 0.6 is 11.8 Å². The molecule has 3 rings (SSSR count). The molecule has 1 amide bonds. The van der Waals surface area contributed by atoms with Gasteiger partial charge in [-0.2, -0.15) is 0 Å². The second kappa shape index (κ2) is 7.53. The fourth-order valence-corrected chi connectivity index (χ4v) is 3.92. The lowest BCUT2D eigenvalue weighted by atomic mass is 10.1. The molecule has 0 unspecified atom stereocenters. The maximum Gasteiger partial charge on any atom is 0.306 e. The van der Waals surface area contributed by atoms with Crippen LogP contribution in [0.15, 0.2) is 64.4 Å². The normalized spacial score (nSPS) is 19.8. The third-order valence-corrected chi connectivity index (χ3v) is 5.30. The molecule has 1 aliphatic carbocycles. The van der Waals surface area contributed by atoms with E-state index in [0.717, 1.165) is 16.2 Å². The highest BCUT2D eigenvalue weighted by Gasteiger charge is 2.30. The third kappa shape index (κ3) is 3.97. The predicted molar refractivity (Wildman–Crippen MR) is 93.2 cm³/mol. The van der Waals surface area contributed by atoms with Crippen molar-refractivity contribution in [2.75, 3.05) is 0 Å². The van der Waals surface area contributed by atoms with Crippen LogP contribution in [-0.4, -0.2) is 23.0 Å². The van der Waals surface area contributed by atoms with Gasteiger partial charge in [0.25, 0.3) is 5.91 Å². The summed E-state index contributed by atoms with van der Waals surface area (Å²) in [4.78, 5) is 25.6. The summed E-state index contributed by atoms with van der Waals surface area (Å²) in [7, 11) is 0. The molecule has 0 aliphatic heterocycles. The van der Waals surface area contributed by atoms with E-state index < -0.39 is 5.97 Å². The van der Waals surface area contributed by atoms with E-state index in [-0.39, 0.29) is 17.9 Å². The van der Waals surface area contributed by atoms with E-state index in [9.17, 15) is 9.59 Å². The van der Waals surface area contributed by atoms with Crippen molar-refractivity contribution in [2.24, 2.45) is 5.92 Å². The first-order chi connectivity index (χ1) is 11.6. The SMILES string of the molecule is O=C(N[C@@H]1CC[C@H](C(=O)O)C1)c1ccccc1Sc1ccccc1. The van der Waals surface area contributed by atoms with Gasteiger partial charge in [0.2, 0.25) is 0 Å². The maximum atomic E-state index is 12.6. The number of carbonyl (C=O) groups excluding carboxylic acids is 1. The first-order valence-electron chi connectivity index (χ1n) is 7.99. The molecule has 0 heterocycles. The Morgan fingerprint density at radius 2 is 1.71 bits per heavy atom. The Balaban J connectivity index is 1.70. The fourth-order valence-electron chi connectivity index (χ4n) is 2.96. The van der Waals surface area contributed by atoms with Gasteiger partial charge < -0.3 is 10.4 Å². The van der Waals surface area contributed by atoms with Crippen LogP contribution in [0.2, 0.25) is 0 Å². The Morgan fingerprint density at radius 1 is 1.00 bits per heavy atom. The van der Waals surface area contributed by atoms with Crippen LogP contribution in [0.3, 0.4) is 0 Å². The zero-order valence-electron chi connectivity index (χ0n) is 13.1. The van der Waals surface area contributed by atoms with Gasteiger partial charge in [-0.25, -0.2) is 0 Å². The smallest absolute Gasteiger partial charge is 0.306 e. The second-order valence-corrected chi connectivity index (χ2v) is 7.05. The van der Waals surface area contributed by atoms with Crippen molar-refractivity contribution in [1.82, 2.24) is 5.32 Å². The van der Waals surface area contributed by atoms with E-state index >= 15 is 0 Å². The van der Waals surface area contributed by atoms with Gasteiger partial charge in [-0.3, -0.25) is 9.59 Å². The minimum atomic E-state index is -0.771. The van der Waals surface area contributed by atoms with Gasteiger partial charge in [0.05, 0.1) is 11.5 Å². The van der Waals surface area contributed by atoms with E-state index in [4.69, 9.17) is 5.11 Å². The Kier molecular flexibility index (Phi) is 5.20. The Bertz CT molecular complexity index is 732. The summed E-state index contributed by atoms with van der Waals surface area (Å²) < 4.78 is 0. The molecule has 24 heavy (non-hydrogen) atoms. The Hall–Kier alpha value is -2.27. The predicted octanol–water partition coefficient (Wildman–Crippen LogP) is 3.82. The Labute approximate surface area is 145 Å². The standard InChI is InChI=1S/C19H19NO3S/c21-18(20-14-11-10-13(12-14)19(22)23)16-8-4-5-9-17(16)24-15-6-2-1-3-7-15/h1-9,13-14H,10-12H2,(H,20,21)(H,22,23)/t13-,14+/m0/s1. The second-order valence-electron chi connectivity index (χ2n) is 5.93. The van der Waals surface area contributed by atoms with E-state index in [1.165, 1.54) is 0 Å². The summed E-state index contributed by atoms with van der Waals surface area (Å²) in [5.74, 6) is -1.25. The average molecular weight is 341 g/mol. The van der Waals surface area contributed by atoms with Gasteiger partial charge in [-0.15, -0.1) is 0 Å². The number of carbonyl (C=O) groups is 2. The highest BCUT2D eigenvalue weighted by molar-refractivity contribution is 7.99. The molecule has 2 N–H and O–H groups in total. The van der Waals surface area contributed by atoms with E-state index in [0.29, 0.717) is 18.4 Å². The highest BCUT2D eigenvalue weighted by atomic mass is 32.2. The zero-order valence-corrected chi connectivity index (χ0v) is 14.0. The minimum Gasteiger partial charge on any atom is -0.481 e. The van der Waals surface area contributed by atoms with Crippen molar-refractivity contribution < 1.29 is 14.7 Å². The molecule has 4 nitrogen and oxygen atoms in total. The maximum absolute atomic E-state index is 12.6. The van der Waals surface area contributed by atoms with E-state index in [2.05, 4.69) is 5.32 Å². The number of carboxylic acid groups (broad SMARTS) is 1. The molecule has 124 valence electrons. The number of rotatable bonds is 5. The first-order valence-corrected chi connectivity index (χ1v) is 8.80.